The van der Waals surface area contributed by atoms with Gasteiger partial charge in [-0.3, -0.25) is 4.79 Å². The molecule has 0 aliphatic rings. The van der Waals surface area contributed by atoms with Gasteiger partial charge in [0.15, 0.2) is 0 Å². The summed E-state index contributed by atoms with van der Waals surface area (Å²) in [6.45, 7) is 4.84. The van der Waals surface area contributed by atoms with Crippen LogP contribution in [0.3, 0.4) is 0 Å². The Labute approximate surface area is 91.2 Å². The van der Waals surface area contributed by atoms with Crippen molar-refractivity contribution in [1.29, 1.82) is 0 Å². The summed E-state index contributed by atoms with van der Waals surface area (Å²) in [6.07, 6.45) is 2.66. The van der Waals surface area contributed by atoms with E-state index in [9.17, 15) is 4.79 Å². The lowest BCUT2D eigenvalue weighted by molar-refractivity contribution is -0.126. The fourth-order valence-corrected chi connectivity index (χ4v) is 1.35. The van der Waals surface area contributed by atoms with Crippen molar-refractivity contribution in [1.82, 2.24) is 5.32 Å². The molecule has 0 radical (unpaired) electrons. The minimum absolute atomic E-state index is 0.0459. The normalized spacial score (nSPS) is 12.5. The summed E-state index contributed by atoms with van der Waals surface area (Å²) in [7, 11) is 0. The highest BCUT2D eigenvalue weighted by atomic mass is 35.5. The summed E-state index contributed by atoms with van der Waals surface area (Å²) in [5.74, 6) is 0.532. The van der Waals surface area contributed by atoms with E-state index in [1.165, 1.54) is 0 Å². The maximum atomic E-state index is 11.3. The molecule has 0 aliphatic carbocycles. The molecule has 1 atom stereocenters. The van der Waals surface area contributed by atoms with E-state index in [0.29, 0.717) is 12.5 Å². The Morgan fingerprint density at radius 2 is 2.21 bits per heavy atom. The first-order valence-corrected chi connectivity index (χ1v) is 5.71. The molecule has 0 fully saturated rings. The minimum Gasteiger partial charge on any atom is -0.372 e. The van der Waals surface area contributed by atoms with E-state index in [0.717, 1.165) is 19.3 Å². The van der Waals surface area contributed by atoms with Gasteiger partial charge in [-0.15, -0.1) is 11.6 Å². The highest BCUT2D eigenvalue weighted by Crippen LogP contribution is 1.99. The summed E-state index contributed by atoms with van der Waals surface area (Å²) < 4.78 is 5.12. The van der Waals surface area contributed by atoms with Crippen molar-refractivity contribution in [3.8, 4) is 0 Å². The maximum Gasteiger partial charge on any atom is 0.246 e. The zero-order chi connectivity index (χ0) is 10.8. The van der Waals surface area contributed by atoms with Crippen LogP contribution in [-0.2, 0) is 9.53 Å². The zero-order valence-corrected chi connectivity index (χ0v) is 9.77. The van der Waals surface area contributed by atoms with Gasteiger partial charge in [0, 0.05) is 18.5 Å². The average molecular weight is 222 g/mol. The molecule has 0 aromatic heterocycles. The molecular formula is C10H20ClNO2. The van der Waals surface area contributed by atoms with Crippen molar-refractivity contribution >= 4 is 17.5 Å². The molecule has 0 saturated carbocycles. The summed E-state index contributed by atoms with van der Waals surface area (Å²) in [6, 6.07) is 0.185. The Balaban J connectivity index is 3.56. The van der Waals surface area contributed by atoms with E-state index in [1.807, 2.05) is 13.8 Å². The molecule has 0 aliphatic heterocycles. The highest BCUT2D eigenvalue weighted by Gasteiger charge is 2.09. The molecule has 1 unspecified atom stereocenters. The summed E-state index contributed by atoms with van der Waals surface area (Å²) >= 11 is 5.60. The standard InChI is InChI=1S/C10H20ClNO2/c1-3-7-14-8-10(13)12-9(4-2)5-6-11/h9H,3-8H2,1-2H3,(H,12,13). The van der Waals surface area contributed by atoms with Crippen molar-refractivity contribution in [2.75, 3.05) is 19.1 Å². The second kappa shape index (κ2) is 9.28. The van der Waals surface area contributed by atoms with Gasteiger partial charge in [-0.1, -0.05) is 13.8 Å². The molecule has 0 saturated heterocycles. The third-order valence-electron chi connectivity index (χ3n) is 1.90. The number of rotatable bonds is 8. The summed E-state index contributed by atoms with van der Waals surface area (Å²) in [5, 5.41) is 2.88. The van der Waals surface area contributed by atoms with Gasteiger partial charge in [-0.05, 0) is 19.3 Å². The van der Waals surface area contributed by atoms with Crippen LogP contribution >= 0.6 is 11.6 Å². The van der Waals surface area contributed by atoms with Crippen molar-refractivity contribution in [3.63, 3.8) is 0 Å². The fraction of sp³-hybridized carbons (Fsp3) is 0.900. The number of carbonyl (C=O) groups is 1. The maximum absolute atomic E-state index is 11.3. The van der Waals surface area contributed by atoms with Gasteiger partial charge >= 0.3 is 0 Å². The molecule has 0 heterocycles. The molecule has 0 aromatic rings. The van der Waals surface area contributed by atoms with Crippen LogP contribution in [0.5, 0.6) is 0 Å². The molecule has 0 bridgehead atoms. The van der Waals surface area contributed by atoms with E-state index in [-0.39, 0.29) is 18.6 Å². The van der Waals surface area contributed by atoms with Crippen LogP contribution in [0, 0.1) is 0 Å². The number of halogens is 1. The summed E-state index contributed by atoms with van der Waals surface area (Å²) in [5.41, 5.74) is 0. The smallest absolute Gasteiger partial charge is 0.246 e. The average Bonchev–Trinajstić information content (AvgIpc) is 2.17. The number of ether oxygens (including phenoxy) is 1. The van der Waals surface area contributed by atoms with Crippen LogP contribution < -0.4 is 5.32 Å². The number of carbonyl (C=O) groups excluding carboxylic acids is 1. The van der Waals surface area contributed by atoms with Crippen LogP contribution in [-0.4, -0.2) is 31.0 Å². The summed E-state index contributed by atoms with van der Waals surface area (Å²) in [4.78, 5) is 11.3. The monoisotopic (exact) mass is 221 g/mol. The van der Waals surface area contributed by atoms with Crippen LogP contribution in [0.4, 0.5) is 0 Å². The van der Waals surface area contributed by atoms with Crippen molar-refractivity contribution in [2.24, 2.45) is 0 Å². The second-order valence-corrected chi connectivity index (χ2v) is 3.58. The van der Waals surface area contributed by atoms with Crippen molar-refractivity contribution in [3.05, 3.63) is 0 Å². The predicted octanol–water partition coefficient (Wildman–Crippen LogP) is 1.94. The quantitative estimate of drug-likeness (QED) is 0.503. The van der Waals surface area contributed by atoms with Crippen LogP contribution in [0.15, 0.2) is 0 Å². The van der Waals surface area contributed by atoms with Gasteiger partial charge in [0.2, 0.25) is 5.91 Å². The Kier molecular flexibility index (Phi) is 9.10. The number of alkyl halides is 1. The number of hydrogen-bond donors (Lipinski definition) is 1. The van der Waals surface area contributed by atoms with E-state index >= 15 is 0 Å². The Morgan fingerprint density at radius 3 is 2.71 bits per heavy atom. The van der Waals surface area contributed by atoms with Gasteiger partial charge in [-0.2, -0.15) is 0 Å². The number of amides is 1. The van der Waals surface area contributed by atoms with E-state index in [1.54, 1.807) is 0 Å². The van der Waals surface area contributed by atoms with Crippen LogP contribution in [0.1, 0.15) is 33.1 Å². The molecule has 1 N–H and O–H groups in total. The first-order valence-electron chi connectivity index (χ1n) is 5.17. The third kappa shape index (κ3) is 7.15. The predicted molar refractivity (Wildman–Crippen MR) is 58.7 cm³/mol. The number of hydrogen-bond acceptors (Lipinski definition) is 2. The van der Waals surface area contributed by atoms with Crippen LogP contribution in [0.2, 0.25) is 0 Å². The highest BCUT2D eigenvalue weighted by molar-refractivity contribution is 6.17. The lowest BCUT2D eigenvalue weighted by Gasteiger charge is -2.15. The molecule has 0 rings (SSSR count). The van der Waals surface area contributed by atoms with Crippen molar-refractivity contribution < 1.29 is 9.53 Å². The van der Waals surface area contributed by atoms with Gasteiger partial charge < -0.3 is 10.1 Å². The minimum atomic E-state index is -0.0459. The zero-order valence-electron chi connectivity index (χ0n) is 9.01. The van der Waals surface area contributed by atoms with Crippen molar-refractivity contribution in [2.45, 2.75) is 39.2 Å². The molecule has 0 aromatic carbocycles. The third-order valence-corrected chi connectivity index (χ3v) is 2.12. The Bertz CT molecular complexity index is 153. The fourth-order valence-electron chi connectivity index (χ4n) is 1.09. The van der Waals surface area contributed by atoms with Gasteiger partial charge in [0.05, 0.1) is 0 Å². The molecule has 3 nitrogen and oxygen atoms in total. The SMILES string of the molecule is CCCOCC(=O)NC(CC)CCCl. The molecular weight excluding hydrogens is 202 g/mol. The second-order valence-electron chi connectivity index (χ2n) is 3.20. The first-order chi connectivity index (χ1) is 6.74. The molecule has 84 valence electrons. The molecule has 4 heteroatoms. The van der Waals surface area contributed by atoms with Gasteiger partial charge in [-0.25, -0.2) is 0 Å². The topological polar surface area (TPSA) is 38.3 Å². The largest absolute Gasteiger partial charge is 0.372 e. The lowest BCUT2D eigenvalue weighted by Crippen LogP contribution is -2.37. The molecule has 0 spiro atoms. The Morgan fingerprint density at radius 1 is 1.50 bits per heavy atom. The van der Waals surface area contributed by atoms with E-state index < -0.39 is 0 Å². The first kappa shape index (κ1) is 13.7. The molecule has 1 amide bonds. The lowest BCUT2D eigenvalue weighted by atomic mass is 10.2. The van der Waals surface area contributed by atoms with E-state index in [2.05, 4.69) is 5.32 Å². The molecule has 14 heavy (non-hydrogen) atoms. The van der Waals surface area contributed by atoms with Crippen LogP contribution in [0.25, 0.3) is 0 Å². The van der Waals surface area contributed by atoms with Gasteiger partial charge in [0.1, 0.15) is 6.61 Å². The Hall–Kier alpha value is -0.280. The number of nitrogens with one attached hydrogen (secondary N) is 1. The van der Waals surface area contributed by atoms with Gasteiger partial charge in [0.25, 0.3) is 0 Å². The van der Waals surface area contributed by atoms with E-state index in [4.69, 9.17) is 16.3 Å².